The van der Waals surface area contributed by atoms with Gasteiger partial charge < -0.3 is 15.5 Å². The van der Waals surface area contributed by atoms with Gasteiger partial charge in [-0.2, -0.15) is 8.42 Å². The maximum atomic E-state index is 12.1. The van der Waals surface area contributed by atoms with Gasteiger partial charge >= 0.3 is 0 Å². The normalized spacial score (nSPS) is 11.3. The summed E-state index contributed by atoms with van der Waals surface area (Å²) in [5, 5.41) is -0.0211. The first-order valence-electron chi connectivity index (χ1n) is 5.40. The molecule has 2 rings (SSSR count). The predicted molar refractivity (Wildman–Crippen MR) is 71.5 cm³/mol. The first-order chi connectivity index (χ1) is 8.92. The summed E-state index contributed by atoms with van der Waals surface area (Å²) in [5.41, 5.74) is 6.29. The molecule has 0 saturated heterocycles. The molecule has 0 spiro atoms. The number of sulfonamides is 1. The third-order valence-corrected chi connectivity index (χ3v) is 3.75. The van der Waals surface area contributed by atoms with Gasteiger partial charge in [0.05, 0.1) is 24.7 Å². The average Bonchev–Trinajstić information content (AvgIpc) is 2.79. The highest BCUT2D eigenvalue weighted by Gasteiger charge is 2.18. The Morgan fingerprint density at radius 3 is 2.74 bits per heavy atom. The lowest BCUT2D eigenvalue weighted by Gasteiger charge is -2.10. The minimum Gasteiger partial charge on any atom is -0.497 e. The van der Waals surface area contributed by atoms with E-state index >= 15 is 0 Å². The van der Waals surface area contributed by atoms with Crippen LogP contribution in [0.25, 0.3) is 0 Å². The maximum absolute atomic E-state index is 12.1. The van der Waals surface area contributed by atoms with Crippen LogP contribution in [-0.2, 0) is 10.0 Å². The van der Waals surface area contributed by atoms with Crippen molar-refractivity contribution < 1.29 is 13.2 Å². The zero-order valence-electron chi connectivity index (χ0n) is 10.5. The second kappa shape index (κ2) is 4.81. The molecular weight excluding hydrogens is 268 g/mol. The Kier molecular flexibility index (Phi) is 3.34. The number of hydrogen-bond acceptors (Lipinski definition) is 5. The van der Waals surface area contributed by atoms with E-state index in [0.717, 1.165) is 0 Å². The van der Waals surface area contributed by atoms with Gasteiger partial charge in [-0.15, -0.1) is 0 Å². The molecule has 4 N–H and O–H groups in total. The molecule has 102 valence electrons. The molecule has 0 bridgehead atoms. The van der Waals surface area contributed by atoms with E-state index in [1.165, 1.54) is 19.4 Å². The molecule has 0 aliphatic rings. The highest BCUT2D eigenvalue weighted by atomic mass is 32.2. The number of H-pyrrole nitrogens is 1. The fraction of sp³-hybridized carbons (Fsp3) is 0.182. The van der Waals surface area contributed by atoms with E-state index in [-0.39, 0.29) is 10.7 Å². The van der Waals surface area contributed by atoms with Crippen molar-refractivity contribution >= 4 is 21.4 Å². The fourth-order valence-electron chi connectivity index (χ4n) is 1.49. The van der Waals surface area contributed by atoms with Gasteiger partial charge in [-0.25, -0.2) is 4.98 Å². The largest absolute Gasteiger partial charge is 0.497 e. The minimum absolute atomic E-state index is 0.0211. The summed E-state index contributed by atoms with van der Waals surface area (Å²) in [5.74, 6) is 1.02. The van der Waals surface area contributed by atoms with Crippen LogP contribution in [0.1, 0.15) is 5.82 Å². The molecule has 0 unspecified atom stereocenters. The zero-order chi connectivity index (χ0) is 14.0. The van der Waals surface area contributed by atoms with Crippen molar-refractivity contribution in [3.05, 3.63) is 30.2 Å². The predicted octanol–water partition coefficient (Wildman–Crippen LogP) is 1.11. The second-order valence-electron chi connectivity index (χ2n) is 3.89. The number of nitrogens with zero attached hydrogens (tertiary/aromatic N) is 1. The molecule has 1 aromatic heterocycles. The van der Waals surface area contributed by atoms with E-state index in [9.17, 15) is 8.42 Å². The number of aromatic nitrogens is 2. The Balaban J connectivity index is 2.35. The van der Waals surface area contributed by atoms with Crippen LogP contribution >= 0.6 is 0 Å². The first-order valence-corrected chi connectivity index (χ1v) is 6.88. The lowest BCUT2D eigenvalue weighted by Crippen LogP contribution is -2.14. The number of anilines is 2. The molecule has 8 heteroatoms. The Bertz CT molecular complexity index is 694. The van der Waals surface area contributed by atoms with Crippen molar-refractivity contribution in [2.75, 3.05) is 17.6 Å². The van der Waals surface area contributed by atoms with E-state index in [1.54, 1.807) is 19.1 Å². The van der Waals surface area contributed by atoms with Crippen molar-refractivity contribution in [3.63, 3.8) is 0 Å². The number of nitrogen functional groups attached to an aromatic ring is 1. The van der Waals surface area contributed by atoms with Gasteiger partial charge in [-0.1, -0.05) is 0 Å². The summed E-state index contributed by atoms with van der Waals surface area (Å²) in [6.07, 6.45) is 1.24. The van der Waals surface area contributed by atoms with Gasteiger partial charge in [0.2, 0.25) is 0 Å². The molecule has 1 heterocycles. The maximum Gasteiger partial charge on any atom is 0.279 e. The molecule has 0 aliphatic heterocycles. The van der Waals surface area contributed by atoms with Gasteiger partial charge in [0, 0.05) is 6.07 Å². The summed E-state index contributed by atoms with van der Waals surface area (Å²) in [6, 6.07) is 4.72. The van der Waals surface area contributed by atoms with E-state index in [4.69, 9.17) is 10.5 Å². The van der Waals surface area contributed by atoms with Crippen molar-refractivity contribution in [3.8, 4) is 5.75 Å². The van der Waals surface area contributed by atoms with Gasteiger partial charge in [0.1, 0.15) is 11.6 Å². The van der Waals surface area contributed by atoms with Gasteiger partial charge in [0.15, 0.2) is 5.03 Å². The number of nitrogens with one attached hydrogen (secondary N) is 2. The van der Waals surface area contributed by atoms with E-state index in [0.29, 0.717) is 17.3 Å². The number of methoxy groups -OCH3 is 1. The SMILES string of the molecule is COc1ccc(N)c(NS(=O)(=O)c2cnc(C)[nH]2)c1. The molecule has 1 aromatic carbocycles. The summed E-state index contributed by atoms with van der Waals surface area (Å²) in [6.45, 7) is 1.67. The average molecular weight is 282 g/mol. The lowest BCUT2D eigenvalue weighted by molar-refractivity contribution is 0.415. The Hall–Kier alpha value is -2.22. The molecule has 0 amide bonds. The Morgan fingerprint density at radius 2 is 2.16 bits per heavy atom. The summed E-state index contributed by atoms with van der Waals surface area (Å²) in [4.78, 5) is 6.50. The smallest absolute Gasteiger partial charge is 0.279 e. The number of benzene rings is 1. The van der Waals surface area contributed by atoms with Crippen LogP contribution in [0.5, 0.6) is 5.75 Å². The van der Waals surface area contributed by atoms with Crippen molar-refractivity contribution in [1.29, 1.82) is 0 Å². The number of hydrogen-bond donors (Lipinski definition) is 3. The fourth-order valence-corrected chi connectivity index (χ4v) is 2.54. The van der Waals surface area contributed by atoms with Crippen LogP contribution in [0.2, 0.25) is 0 Å². The first kappa shape index (κ1) is 13.2. The molecule has 7 nitrogen and oxygen atoms in total. The Labute approximate surface area is 110 Å². The van der Waals surface area contributed by atoms with Crippen LogP contribution in [0.4, 0.5) is 11.4 Å². The van der Waals surface area contributed by atoms with Crippen LogP contribution in [0.3, 0.4) is 0 Å². The third-order valence-electron chi connectivity index (χ3n) is 2.47. The lowest BCUT2D eigenvalue weighted by atomic mass is 10.2. The van der Waals surface area contributed by atoms with Gasteiger partial charge in [-0.05, 0) is 19.1 Å². The molecule has 2 aromatic rings. The quantitative estimate of drug-likeness (QED) is 0.728. The van der Waals surface area contributed by atoms with Crippen molar-refractivity contribution in [2.45, 2.75) is 11.9 Å². The number of aryl methyl sites for hydroxylation is 1. The van der Waals surface area contributed by atoms with Crippen molar-refractivity contribution in [2.24, 2.45) is 0 Å². The monoisotopic (exact) mass is 282 g/mol. The summed E-state index contributed by atoms with van der Waals surface area (Å²) in [7, 11) is -2.26. The summed E-state index contributed by atoms with van der Waals surface area (Å²) < 4.78 is 31.6. The molecular formula is C11H14N4O3S. The number of aromatic amines is 1. The van der Waals surface area contributed by atoms with Crippen LogP contribution < -0.4 is 15.2 Å². The van der Waals surface area contributed by atoms with E-state index < -0.39 is 10.0 Å². The number of rotatable bonds is 4. The topological polar surface area (TPSA) is 110 Å². The molecule has 0 aliphatic carbocycles. The van der Waals surface area contributed by atoms with Crippen LogP contribution in [-0.4, -0.2) is 25.5 Å². The molecule has 0 radical (unpaired) electrons. The number of imidazole rings is 1. The van der Waals surface area contributed by atoms with Crippen molar-refractivity contribution in [1.82, 2.24) is 9.97 Å². The Morgan fingerprint density at radius 1 is 1.42 bits per heavy atom. The van der Waals surface area contributed by atoms with Gasteiger partial charge in [-0.3, -0.25) is 4.72 Å². The highest BCUT2D eigenvalue weighted by molar-refractivity contribution is 7.92. The van der Waals surface area contributed by atoms with Crippen LogP contribution in [0, 0.1) is 6.92 Å². The number of ether oxygens (including phenoxy) is 1. The zero-order valence-corrected chi connectivity index (χ0v) is 11.3. The van der Waals surface area contributed by atoms with Crippen LogP contribution in [0.15, 0.2) is 29.4 Å². The van der Waals surface area contributed by atoms with Gasteiger partial charge in [0.25, 0.3) is 10.0 Å². The highest BCUT2D eigenvalue weighted by Crippen LogP contribution is 2.26. The second-order valence-corrected chi connectivity index (χ2v) is 5.54. The minimum atomic E-state index is -3.74. The summed E-state index contributed by atoms with van der Waals surface area (Å²) >= 11 is 0. The molecule has 0 saturated carbocycles. The number of nitrogens with two attached hydrogens (primary N) is 1. The molecule has 19 heavy (non-hydrogen) atoms. The third kappa shape index (κ3) is 2.79. The van der Waals surface area contributed by atoms with E-state index in [1.807, 2.05) is 0 Å². The molecule has 0 atom stereocenters. The van der Waals surface area contributed by atoms with E-state index in [2.05, 4.69) is 14.7 Å². The molecule has 0 fully saturated rings. The standard InChI is InChI=1S/C11H14N4O3S/c1-7-13-6-11(14-7)19(16,17)15-10-5-8(18-2)3-4-9(10)12/h3-6,15H,12H2,1-2H3,(H,13,14).